The molecule has 1 aliphatic carbocycles. The summed E-state index contributed by atoms with van der Waals surface area (Å²) in [6, 6.07) is 0. The molecule has 0 saturated heterocycles. The number of primary amides is 1. The van der Waals surface area contributed by atoms with Gasteiger partial charge in [0.1, 0.15) is 5.54 Å². The molecule has 7 nitrogen and oxygen atoms in total. The number of azide groups is 1. The molecule has 17 heavy (non-hydrogen) atoms. The van der Waals surface area contributed by atoms with Gasteiger partial charge in [-0.05, 0) is 25.4 Å². The number of nitrogens with zero attached hydrogens (tertiary/aromatic N) is 3. The molecule has 0 aliphatic heterocycles. The number of hydrogen-bond acceptors (Lipinski definition) is 4. The summed E-state index contributed by atoms with van der Waals surface area (Å²) in [6.07, 6.45) is 2.06. The minimum absolute atomic E-state index is 0.122. The Bertz CT molecular complexity index is 308. The van der Waals surface area contributed by atoms with Crippen molar-refractivity contribution >= 4 is 5.91 Å². The van der Waals surface area contributed by atoms with Crippen LogP contribution in [0.1, 0.15) is 26.2 Å². The van der Waals surface area contributed by atoms with Gasteiger partial charge in [0.25, 0.3) is 0 Å². The molecule has 3 N–H and O–H groups in total. The van der Waals surface area contributed by atoms with E-state index in [0.717, 1.165) is 0 Å². The van der Waals surface area contributed by atoms with Crippen LogP contribution in [0.5, 0.6) is 0 Å². The highest BCUT2D eigenvalue weighted by molar-refractivity contribution is 5.86. The lowest BCUT2D eigenvalue weighted by Crippen LogP contribution is -2.65. The second-order valence-corrected chi connectivity index (χ2v) is 4.17. The normalized spacial score (nSPS) is 27.0. The first-order valence-electron chi connectivity index (χ1n) is 5.82. The minimum Gasteiger partial charge on any atom is -0.378 e. The summed E-state index contributed by atoms with van der Waals surface area (Å²) in [6.45, 7) is 3.61. The van der Waals surface area contributed by atoms with E-state index in [2.05, 4.69) is 15.3 Å². The van der Waals surface area contributed by atoms with Crippen LogP contribution in [0.4, 0.5) is 0 Å². The highest BCUT2D eigenvalue weighted by Gasteiger charge is 2.49. The fourth-order valence-corrected chi connectivity index (χ4v) is 2.03. The van der Waals surface area contributed by atoms with Crippen molar-refractivity contribution in [2.75, 3.05) is 19.7 Å². The molecule has 1 amide bonds. The van der Waals surface area contributed by atoms with Gasteiger partial charge in [-0.25, -0.2) is 0 Å². The zero-order valence-corrected chi connectivity index (χ0v) is 10.1. The summed E-state index contributed by atoms with van der Waals surface area (Å²) in [5.74, 6) is -0.336. The summed E-state index contributed by atoms with van der Waals surface area (Å²) in [7, 11) is 0. The lowest BCUT2D eigenvalue weighted by Gasteiger charge is -2.45. The highest BCUT2D eigenvalue weighted by atomic mass is 16.5. The Morgan fingerprint density at radius 2 is 2.41 bits per heavy atom. The van der Waals surface area contributed by atoms with Crippen LogP contribution in [-0.2, 0) is 9.53 Å². The number of carbonyl (C=O) groups excluding carboxylic acids is 1. The Hall–Kier alpha value is -1.30. The Morgan fingerprint density at radius 1 is 1.71 bits per heavy atom. The predicted octanol–water partition coefficient (Wildman–Crippen LogP) is 0.699. The SMILES string of the molecule is CCOC1CC(NCCCN=[N+]=[N-])(C(N)=O)C1. The number of hydrogen-bond donors (Lipinski definition) is 2. The molecule has 0 heterocycles. The van der Waals surface area contributed by atoms with Crippen LogP contribution in [0.15, 0.2) is 5.11 Å². The Labute approximate surface area is 100 Å². The molecular weight excluding hydrogens is 222 g/mol. The van der Waals surface area contributed by atoms with Gasteiger partial charge >= 0.3 is 0 Å². The highest BCUT2D eigenvalue weighted by Crippen LogP contribution is 2.34. The predicted molar refractivity (Wildman–Crippen MR) is 63.2 cm³/mol. The monoisotopic (exact) mass is 241 g/mol. The van der Waals surface area contributed by atoms with Crippen molar-refractivity contribution in [3.8, 4) is 0 Å². The van der Waals surface area contributed by atoms with E-state index in [0.29, 0.717) is 39.0 Å². The van der Waals surface area contributed by atoms with Crippen molar-refractivity contribution in [2.24, 2.45) is 10.8 Å². The molecule has 0 aromatic carbocycles. The molecule has 0 spiro atoms. The van der Waals surface area contributed by atoms with E-state index in [1.807, 2.05) is 6.92 Å². The lowest BCUT2D eigenvalue weighted by molar-refractivity contribution is -0.136. The number of carbonyl (C=O) groups is 1. The number of rotatable bonds is 8. The molecule has 0 radical (unpaired) electrons. The van der Waals surface area contributed by atoms with E-state index in [4.69, 9.17) is 16.0 Å². The molecule has 1 fully saturated rings. The van der Waals surface area contributed by atoms with Gasteiger partial charge in [-0.15, -0.1) is 0 Å². The molecular formula is C10H19N5O2. The smallest absolute Gasteiger partial charge is 0.237 e. The van der Waals surface area contributed by atoms with Crippen LogP contribution in [0.3, 0.4) is 0 Å². The number of amides is 1. The molecule has 0 atom stereocenters. The molecule has 0 aromatic heterocycles. The number of nitrogens with two attached hydrogens (primary N) is 1. The van der Waals surface area contributed by atoms with Crippen LogP contribution in [-0.4, -0.2) is 37.2 Å². The van der Waals surface area contributed by atoms with Crippen molar-refractivity contribution in [1.82, 2.24) is 5.32 Å². The number of ether oxygens (including phenoxy) is 1. The van der Waals surface area contributed by atoms with Gasteiger partial charge in [0.2, 0.25) is 5.91 Å². The Kier molecular flexibility index (Phi) is 5.21. The number of nitrogens with one attached hydrogen (secondary N) is 1. The molecule has 1 saturated carbocycles. The summed E-state index contributed by atoms with van der Waals surface area (Å²) in [5.41, 5.74) is 12.9. The molecule has 0 aromatic rings. The second kappa shape index (κ2) is 6.44. The van der Waals surface area contributed by atoms with E-state index >= 15 is 0 Å². The minimum atomic E-state index is -0.629. The molecule has 1 rings (SSSR count). The van der Waals surface area contributed by atoms with Crippen molar-refractivity contribution in [3.05, 3.63) is 10.4 Å². The molecule has 0 unspecified atom stereocenters. The third-order valence-electron chi connectivity index (χ3n) is 2.99. The molecule has 96 valence electrons. The van der Waals surface area contributed by atoms with Crippen LogP contribution in [0, 0.1) is 0 Å². The van der Waals surface area contributed by atoms with Gasteiger partial charge < -0.3 is 15.8 Å². The van der Waals surface area contributed by atoms with Crippen molar-refractivity contribution in [1.29, 1.82) is 0 Å². The zero-order valence-electron chi connectivity index (χ0n) is 10.1. The third-order valence-corrected chi connectivity index (χ3v) is 2.99. The van der Waals surface area contributed by atoms with Crippen molar-refractivity contribution in [2.45, 2.75) is 37.8 Å². The quantitative estimate of drug-likeness (QED) is 0.282. The van der Waals surface area contributed by atoms with E-state index in [9.17, 15) is 4.79 Å². The van der Waals surface area contributed by atoms with Crippen molar-refractivity contribution < 1.29 is 9.53 Å². The third kappa shape index (κ3) is 3.59. The first kappa shape index (κ1) is 13.8. The van der Waals surface area contributed by atoms with Crippen LogP contribution >= 0.6 is 0 Å². The Morgan fingerprint density at radius 3 is 2.94 bits per heavy atom. The van der Waals surface area contributed by atoms with Gasteiger partial charge in [0.05, 0.1) is 6.10 Å². The second-order valence-electron chi connectivity index (χ2n) is 4.17. The Balaban J connectivity index is 2.31. The molecule has 7 heteroatoms. The topological polar surface area (TPSA) is 113 Å². The van der Waals surface area contributed by atoms with Gasteiger partial charge in [-0.2, -0.15) is 0 Å². The summed E-state index contributed by atoms with van der Waals surface area (Å²) in [4.78, 5) is 14.1. The van der Waals surface area contributed by atoms with Gasteiger partial charge in [-0.1, -0.05) is 5.11 Å². The molecule has 1 aliphatic rings. The zero-order chi connectivity index (χ0) is 12.7. The summed E-state index contributed by atoms with van der Waals surface area (Å²) in [5, 5.41) is 6.57. The largest absolute Gasteiger partial charge is 0.378 e. The first-order chi connectivity index (χ1) is 8.14. The van der Waals surface area contributed by atoms with Crippen molar-refractivity contribution in [3.63, 3.8) is 0 Å². The van der Waals surface area contributed by atoms with E-state index in [1.54, 1.807) is 0 Å². The molecule has 0 bridgehead atoms. The van der Waals surface area contributed by atoms with Gasteiger partial charge in [0.15, 0.2) is 0 Å². The summed E-state index contributed by atoms with van der Waals surface area (Å²) >= 11 is 0. The van der Waals surface area contributed by atoms with Crippen LogP contribution in [0.25, 0.3) is 10.4 Å². The van der Waals surface area contributed by atoms with E-state index < -0.39 is 5.54 Å². The van der Waals surface area contributed by atoms with E-state index in [-0.39, 0.29) is 12.0 Å². The van der Waals surface area contributed by atoms with Gasteiger partial charge in [-0.3, -0.25) is 4.79 Å². The van der Waals surface area contributed by atoms with Crippen LogP contribution < -0.4 is 11.1 Å². The average Bonchev–Trinajstić information content (AvgIpc) is 2.24. The van der Waals surface area contributed by atoms with E-state index in [1.165, 1.54) is 0 Å². The summed E-state index contributed by atoms with van der Waals surface area (Å²) < 4.78 is 5.41. The fourth-order valence-electron chi connectivity index (χ4n) is 2.03. The maximum Gasteiger partial charge on any atom is 0.237 e. The fraction of sp³-hybridized carbons (Fsp3) is 0.900. The van der Waals surface area contributed by atoms with Crippen LogP contribution in [0.2, 0.25) is 0 Å². The maximum absolute atomic E-state index is 11.4. The lowest BCUT2D eigenvalue weighted by atomic mass is 9.73. The maximum atomic E-state index is 11.4. The average molecular weight is 241 g/mol. The first-order valence-corrected chi connectivity index (χ1v) is 5.82. The van der Waals surface area contributed by atoms with Gasteiger partial charge in [0, 0.05) is 30.9 Å². The standard InChI is InChI=1S/C10H19N5O2/c1-2-17-8-6-10(7-8,9(11)16)13-4-3-5-14-15-12/h8,13H,2-7H2,1H3,(H2,11,16).